The lowest BCUT2D eigenvalue weighted by atomic mass is 10.1. The van der Waals surface area contributed by atoms with Gasteiger partial charge in [-0.3, -0.25) is 13.9 Å². The minimum Gasteiger partial charge on any atom is -0.345 e. The van der Waals surface area contributed by atoms with Gasteiger partial charge in [0.25, 0.3) is 5.91 Å². The van der Waals surface area contributed by atoms with Crippen molar-refractivity contribution < 1.29 is 18.0 Å². The average molecular weight is 480 g/mol. The molecule has 0 saturated heterocycles. The number of anilines is 2. The van der Waals surface area contributed by atoms with Gasteiger partial charge in [-0.2, -0.15) is 0 Å². The number of aryl methyl sites for hydroxylation is 1. The van der Waals surface area contributed by atoms with Gasteiger partial charge in [-0.05, 0) is 48.7 Å². The molecule has 1 unspecified atom stereocenters. The molecule has 3 aromatic rings. The van der Waals surface area contributed by atoms with Gasteiger partial charge >= 0.3 is 0 Å². The van der Waals surface area contributed by atoms with Crippen LogP contribution < -0.4 is 14.9 Å². The van der Waals surface area contributed by atoms with E-state index in [1.165, 1.54) is 0 Å². The normalized spacial score (nSPS) is 12.0. The molecule has 0 radical (unpaired) electrons. The molecule has 178 valence electrons. The highest BCUT2D eigenvalue weighted by molar-refractivity contribution is 7.92. The smallest absolute Gasteiger partial charge is 0.253 e. The zero-order chi connectivity index (χ0) is 24.7. The highest BCUT2D eigenvalue weighted by Crippen LogP contribution is 2.21. The van der Waals surface area contributed by atoms with Crippen molar-refractivity contribution in [3.63, 3.8) is 0 Å². The number of nitrogens with zero attached hydrogens (tertiary/aromatic N) is 1. The van der Waals surface area contributed by atoms with E-state index in [0.29, 0.717) is 11.4 Å². The van der Waals surface area contributed by atoms with Gasteiger partial charge in [-0.1, -0.05) is 61.5 Å². The molecule has 0 aliphatic carbocycles. The minimum atomic E-state index is -3.70. The van der Waals surface area contributed by atoms with E-state index in [9.17, 15) is 18.0 Å². The molecule has 1 atom stereocenters. The maximum atomic E-state index is 12.9. The Hall–Kier alpha value is -3.65. The van der Waals surface area contributed by atoms with Gasteiger partial charge in [0.15, 0.2) is 0 Å². The number of para-hydroxylation sites is 1. The molecule has 0 bridgehead atoms. The molecule has 0 heterocycles. The number of sulfonamides is 1. The third-order valence-electron chi connectivity index (χ3n) is 5.41. The second-order valence-corrected chi connectivity index (χ2v) is 9.90. The Labute approximate surface area is 200 Å². The van der Waals surface area contributed by atoms with Gasteiger partial charge in [0, 0.05) is 0 Å². The summed E-state index contributed by atoms with van der Waals surface area (Å²) >= 11 is 0. The summed E-state index contributed by atoms with van der Waals surface area (Å²) in [6, 6.07) is 23.0. The fraction of sp³-hybridized carbons (Fsp3) is 0.231. The van der Waals surface area contributed by atoms with E-state index in [4.69, 9.17) is 0 Å². The molecule has 8 heteroatoms. The second kappa shape index (κ2) is 11.0. The Morgan fingerprint density at radius 3 is 2.15 bits per heavy atom. The molecule has 0 aromatic heterocycles. The number of benzene rings is 3. The lowest BCUT2D eigenvalue weighted by molar-refractivity contribution is -0.114. The van der Waals surface area contributed by atoms with Crippen LogP contribution >= 0.6 is 0 Å². The van der Waals surface area contributed by atoms with Crippen molar-refractivity contribution in [2.75, 3.05) is 22.4 Å². The monoisotopic (exact) mass is 479 g/mol. The van der Waals surface area contributed by atoms with Crippen molar-refractivity contribution in [3.8, 4) is 0 Å². The van der Waals surface area contributed by atoms with Crippen molar-refractivity contribution in [2.24, 2.45) is 0 Å². The largest absolute Gasteiger partial charge is 0.345 e. The van der Waals surface area contributed by atoms with Crippen molar-refractivity contribution in [1.29, 1.82) is 0 Å². The van der Waals surface area contributed by atoms with Crippen molar-refractivity contribution in [1.82, 2.24) is 5.32 Å². The maximum absolute atomic E-state index is 12.9. The lowest BCUT2D eigenvalue weighted by Crippen LogP contribution is -2.37. The molecule has 0 aliphatic heterocycles. The summed E-state index contributed by atoms with van der Waals surface area (Å²) < 4.78 is 25.8. The van der Waals surface area contributed by atoms with Gasteiger partial charge in [0.1, 0.15) is 6.54 Å². The second-order valence-electron chi connectivity index (χ2n) is 7.99. The van der Waals surface area contributed by atoms with E-state index < -0.39 is 22.5 Å². The van der Waals surface area contributed by atoms with Crippen LogP contribution in [0.15, 0.2) is 78.9 Å². The fourth-order valence-corrected chi connectivity index (χ4v) is 4.36. The van der Waals surface area contributed by atoms with Gasteiger partial charge in [0.2, 0.25) is 15.9 Å². The van der Waals surface area contributed by atoms with Crippen molar-refractivity contribution >= 4 is 33.2 Å². The van der Waals surface area contributed by atoms with Gasteiger partial charge in [0.05, 0.1) is 29.2 Å². The zero-order valence-corrected chi connectivity index (χ0v) is 20.3. The van der Waals surface area contributed by atoms with Gasteiger partial charge in [-0.15, -0.1) is 0 Å². The van der Waals surface area contributed by atoms with Gasteiger partial charge < -0.3 is 10.6 Å². The van der Waals surface area contributed by atoms with Crippen LogP contribution in [-0.2, 0) is 21.2 Å². The van der Waals surface area contributed by atoms with Crippen LogP contribution in [0.2, 0.25) is 0 Å². The molecule has 2 N–H and O–H groups in total. The number of carbonyl (C=O) groups is 2. The molecule has 0 aliphatic rings. The molecular weight excluding hydrogens is 450 g/mol. The summed E-state index contributed by atoms with van der Waals surface area (Å²) in [7, 11) is -3.70. The SMILES string of the molecule is CCc1ccc(N(CC(=O)Nc2ccccc2C(=O)NC(C)c2ccccc2)S(C)(=O)=O)cc1. The molecular formula is C26H29N3O4S. The summed E-state index contributed by atoms with van der Waals surface area (Å²) in [5.41, 5.74) is 3.01. The highest BCUT2D eigenvalue weighted by atomic mass is 32.2. The van der Waals surface area contributed by atoms with Crippen molar-refractivity contribution in [3.05, 3.63) is 95.6 Å². The Kier molecular flexibility index (Phi) is 8.07. The first kappa shape index (κ1) is 25.0. The summed E-state index contributed by atoms with van der Waals surface area (Å²) in [4.78, 5) is 25.8. The van der Waals surface area contributed by atoms with Crippen LogP contribution in [0.1, 0.15) is 41.4 Å². The third-order valence-corrected chi connectivity index (χ3v) is 6.55. The standard InChI is InChI=1S/C26H29N3O4S/c1-4-20-14-16-22(17-15-20)29(34(3,32)33)18-25(30)28-24-13-9-8-12-23(24)26(31)27-19(2)21-10-6-5-7-11-21/h5-17,19H,4,18H2,1-3H3,(H,27,31)(H,28,30). The zero-order valence-electron chi connectivity index (χ0n) is 19.5. The highest BCUT2D eigenvalue weighted by Gasteiger charge is 2.22. The van der Waals surface area contributed by atoms with Crippen LogP contribution in [0.5, 0.6) is 0 Å². The van der Waals surface area contributed by atoms with Crippen LogP contribution in [0, 0.1) is 0 Å². The van der Waals surface area contributed by atoms with Crippen molar-refractivity contribution in [2.45, 2.75) is 26.3 Å². The fourth-order valence-electron chi connectivity index (χ4n) is 3.51. The van der Waals surface area contributed by atoms with E-state index in [2.05, 4.69) is 10.6 Å². The maximum Gasteiger partial charge on any atom is 0.253 e. The number of rotatable bonds is 9. The molecule has 34 heavy (non-hydrogen) atoms. The molecule has 2 amide bonds. The lowest BCUT2D eigenvalue weighted by Gasteiger charge is -2.22. The topological polar surface area (TPSA) is 95.6 Å². The van der Waals surface area contributed by atoms with Crippen LogP contribution in [0.4, 0.5) is 11.4 Å². The predicted molar refractivity (Wildman–Crippen MR) is 135 cm³/mol. The number of hydrogen-bond donors (Lipinski definition) is 2. The molecule has 3 rings (SSSR count). The molecule has 0 spiro atoms. The quantitative estimate of drug-likeness (QED) is 0.482. The number of hydrogen-bond acceptors (Lipinski definition) is 4. The molecule has 3 aromatic carbocycles. The molecule has 0 saturated carbocycles. The van der Waals surface area contributed by atoms with E-state index >= 15 is 0 Å². The summed E-state index contributed by atoms with van der Waals surface area (Å²) in [6.45, 7) is 3.47. The summed E-state index contributed by atoms with van der Waals surface area (Å²) in [5.74, 6) is -0.899. The first-order valence-corrected chi connectivity index (χ1v) is 12.8. The number of amides is 2. The predicted octanol–water partition coefficient (Wildman–Crippen LogP) is 4.14. The average Bonchev–Trinajstić information content (AvgIpc) is 2.82. The minimum absolute atomic E-state index is 0.232. The number of carbonyl (C=O) groups excluding carboxylic acids is 2. The van der Waals surface area contributed by atoms with E-state index in [0.717, 1.165) is 28.1 Å². The van der Waals surface area contributed by atoms with E-state index in [-0.39, 0.29) is 17.5 Å². The number of nitrogens with one attached hydrogen (secondary N) is 2. The third kappa shape index (κ3) is 6.45. The molecule has 7 nitrogen and oxygen atoms in total. The Morgan fingerprint density at radius 1 is 0.912 bits per heavy atom. The van der Waals surface area contributed by atoms with Crippen LogP contribution in [0.25, 0.3) is 0 Å². The summed E-state index contributed by atoms with van der Waals surface area (Å²) in [6.07, 6.45) is 1.88. The van der Waals surface area contributed by atoms with E-state index in [1.54, 1.807) is 36.4 Å². The summed E-state index contributed by atoms with van der Waals surface area (Å²) in [5, 5.41) is 5.62. The van der Waals surface area contributed by atoms with Crippen LogP contribution in [-0.4, -0.2) is 33.0 Å². The Balaban J connectivity index is 1.75. The Bertz CT molecular complexity index is 1240. The first-order chi connectivity index (χ1) is 16.2. The first-order valence-electron chi connectivity index (χ1n) is 11.0. The van der Waals surface area contributed by atoms with Gasteiger partial charge in [-0.25, -0.2) is 8.42 Å². The van der Waals surface area contributed by atoms with Crippen LogP contribution in [0.3, 0.4) is 0 Å². The Morgan fingerprint density at radius 2 is 1.53 bits per heavy atom. The van der Waals surface area contributed by atoms with E-state index in [1.807, 2.05) is 56.3 Å². The molecule has 0 fully saturated rings.